The van der Waals surface area contributed by atoms with Crippen LogP contribution in [0.25, 0.3) is 11.0 Å². The SMILES string of the molecule is COc1ccc2nc(S(C)(O)C(C)(C)c3ncc(C)c(OC)c3C)[nH]c2c1. The Hall–Kier alpha value is -2.25. The minimum absolute atomic E-state index is 0.566. The Kier molecular flexibility index (Phi) is 4.86. The molecule has 2 N–H and O–H groups in total. The zero-order valence-corrected chi connectivity index (χ0v) is 17.7. The van der Waals surface area contributed by atoms with Crippen molar-refractivity contribution in [2.45, 2.75) is 37.6 Å². The van der Waals surface area contributed by atoms with E-state index in [0.717, 1.165) is 39.4 Å². The number of aryl methyl sites for hydroxylation is 1. The Morgan fingerprint density at radius 3 is 2.48 bits per heavy atom. The van der Waals surface area contributed by atoms with E-state index < -0.39 is 15.1 Å². The molecule has 0 amide bonds. The van der Waals surface area contributed by atoms with Crippen molar-refractivity contribution >= 4 is 21.3 Å². The van der Waals surface area contributed by atoms with Gasteiger partial charge in [0.2, 0.25) is 0 Å². The first-order valence-corrected chi connectivity index (χ1v) is 10.7. The van der Waals surface area contributed by atoms with Gasteiger partial charge >= 0.3 is 0 Å². The maximum Gasteiger partial charge on any atom is 0.171 e. The number of benzene rings is 1. The molecule has 0 bridgehead atoms. The zero-order valence-electron chi connectivity index (χ0n) is 16.9. The summed E-state index contributed by atoms with van der Waals surface area (Å²) in [6.07, 6.45) is 3.64. The molecule has 0 aliphatic rings. The van der Waals surface area contributed by atoms with Gasteiger partial charge in [-0.2, -0.15) is 0 Å². The number of hydrogen-bond donors (Lipinski definition) is 2. The monoisotopic (exact) mass is 389 g/mol. The van der Waals surface area contributed by atoms with E-state index in [2.05, 4.69) is 15.0 Å². The summed E-state index contributed by atoms with van der Waals surface area (Å²) in [4.78, 5) is 12.6. The molecule has 0 aliphatic heterocycles. The van der Waals surface area contributed by atoms with E-state index in [1.54, 1.807) is 20.4 Å². The number of aromatic nitrogens is 3. The van der Waals surface area contributed by atoms with Gasteiger partial charge in [-0.1, -0.05) is 10.3 Å². The summed E-state index contributed by atoms with van der Waals surface area (Å²) in [5.74, 6) is 1.55. The van der Waals surface area contributed by atoms with Gasteiger partial charge in [0.15, 0.2) is 5.16 Å². The molecular formula is C20H27N3O3S. The summed E-state index contributed by atoms with van der Waals surface area (Å²) in [6.45, 7) is 7.95. The van der Waals surface area contributed by atoms with Crippen LogP contribution < -0.4 is 9.47 Å². The minimum atomic E-state index is -2.36. The highest BCUT2D eigenvalue weighted by Gasteiger charge is 2.43. The van der Waals surface area contributed by atoms with Crippen molar-refractivity contribution in [3.63, 3.8) is 0 Å². The maximum atomic E-state index is 11.6. The summed E-state index contributed by atoms with van der Waals surface area (Å²) in [6, 6.07) is 5.63. The van der Waals surface area contributed by atoms with Crippen molar-refractivity contribution in [2.24, 2.45) is 0 Å². The summed E-state index contributed by atoms with van der Waals surface area (Å²) in [5, 5.41) is 0.566. The van der Waals surface area contributed by atoms with E-state index in [-0.39, 0.29) is 0 Å². The second-order valence-corrected chi connectivity index (χ2v) is 10.4. The molecule has 0 aliphatic carbocycles. The van der Waals surface area contributed by atoms with Crippen LogP contribution >= 0.6 is 10.3 Å². The van der Waals surface area contributed by atoms with Crippen LogP contribution in [0.4, 0.5) is 0 Å². The second kappa shape index (κ2) is 6.73. The standard InChI is InChI=1S/C20H27N3O3S/c1-12-11-21-18(13(2)17(12)26-6)20(3,4)27(7,24)19-22-15-9-8-14(25-5)10-16(15)23-19/h8-11,24H,1-7H3,(H,22,23). The molecule has 0 radical (unpaired) electrons. The fourth-order valence-electron chi connectivity index (χ4n) is 3.35. The second-order valence-electron chi connectivity index (χ2n) is 7.26. The molecule has 3 aromatic rings. The van der Waals surface area contributed by atoms with Crippen molar-refractivity contribution in [1.29, 1.82) is 0 Å². The number of hydrogen-bond acceptors (Lipinski definition) is 5. The van der Waals surface area contributed by atoms with Crippen molar-refractivity contribution in [3.8, 4) is 11.5 Å². The molecule has 6 nitrogen and oxygen atoms in total. The lowest BCUT2D eigenvalue weighted by Gasteiger charge is -2.43. The topological polar surface area (TPSA) is 80.3 Å². The maximum absolute atomic E-state index is 11.6. The lowest BCUT2D eigenvalue weighted by molar-refractivity contribution is 0.405. The van der Waals surface area contributed by atoms with Gasteiger partial charge in [0.25, 0.3) is 0 Å². The van der Waals surface area contributed by atoms with Gasteiger partial charge in [-0.05, 0) is 46.1 Å². The number of pyridine rings is 1. The Labute approximate surface area is 161 Å². The van der Waals surface area contributed by atoms with Gasteiger partial charge in [-0.3, -0.25) is 4.98 Å². The van der Waals surface area contributed by atoms with E-state index in [1.165, 1.54) is 0 Å². The van der Waals surface area contributed by atoms with E-state index >= 15 is 0 Å². The third-order valence-electron chi connectivity index (χ3n) is 5.25. The lowest BCUT2D eigenvalue weighted by atomic mass is 10.0. The predicted octanol–water partition coefficient (Wildman–Crippen LogP) is 4.79. The molecule has 0 fully saturated rings. The molecule has 1 atom stereocenters. The van der Waals surface area contributed by atoms with E-state index in [4.69, 9.17) is 9.47 Å². The number of methoxy groups -OCH3 is 2. The quantitative estimate of drug-likeness (QED) is 0.655. The van der Waals surface area contributed by atoms with Crippen LogP contribution in [-0.4, -0.2) is 40.0 Å². The molecule has 0 saturated heterocycles. The largest absolute Gasteiger partial charge is 0.497 e. The Morgan fingerprint density at radius 1 is 1.15 bits per heavy atom. The van der Waals surface area contributed by atoms with Gasteiger partial charge in [-0.25, -0.2) is 4.98 Å². The summed E-state index contributed by atoms with van der Waals surface area (Å²) in [7, 11) is 0.925. The highest BCUT2D eigenvalue weighted by atomic mass is 32.3. The molecule has 146 valence electrons. The van der Waals surface area contributed by atoms with Crippen LogP contribution in [0.5, 0.6) is 11.5 Å². The third-order valence-corrected chi connectivity index (χ3v) is 8.38. The van der Waals surface area contributed by atoms with E-state index in [9.17, 15) is 4.55 Å². The molecular weight excluding hydrogens is 362 g/mol. The van der Waals surface area contributed by atoms with Crippen LogP contribution in [0.3, 0.4) is 0 Å². The van der Waals surface area contributed by atoms with Crippen LogP contribution in [0.2, 0.25) is 0 Å². The van der Waals surface area contributed by atoms with Crippen molar-refractivity contribution in [2.75, 3.05) is 20.5 Å². The lowest BCUT2D eigenvalue weighted by Crippen LogP contribution is -2.28. The molecule has 7 heteroatoms. The normalized spacial score (nSPS) is 15.4. The zero-order chi connectivity index (χ0) is 20.0. The number of nitrogens with one attached hydrogen (secondary N) is 1. The van der Waals surface area contributed by atoms with Gasteiger partial charge < -0.3 is 19.0 Å². The number of fused-ring (bicyclic) bond motifs is 1. The minimum Gasteiger partial charge on any atom is -0.497 e. The molecule has 0 spiro atoms. The molecule has 0 saturated carbocycles. The number of nitrogens with zero attached hydrogens (tertiary/aromatic N) is 2. The summed E-state index contributed by atoms with van der Waals surface area (Å²) < 4.78 is 21.8. The molecule has 3 rings (SSSR count). The van der Waals surface area contributed by atoms with Crippen LogP contribution in [-0.2, 0) is 4.75 Å². The summed E-state index contributed by atoms with van der Waals surface area (Å²) >= 11 is 0. The van der Waals surface area contributed by atoms with Gasteiger partial charge in [-0.15, -0.1) is 0 Å². The van der Waals surface area contributed by atoms with Gasteiger partial charge in [0.1, 0.15) is 11.5 Å². The predicted molar refractivity (Wildman–Crippen MR) is 110 cm³/mol. The first kappa shape index (κ1) is 19.5. The van der Waals surface area contributed by atoms with Crippen molar-refractivity contribution < 1.29 is 14.0 Å². The van der Waals surface area contributed by atoms with Crippen LogP contribution in [0.15, 0.2) is 29.6 Å². The third kappa shape index (κ3) is 3.04. The van der Waals surface area contributed by atoms with Gasteiger partial charge in [0.05, 0.1) is 35.7 Å². The fourth-order valence-corrected chi connectivity index (χ4v) is 5.00. The van der Waals surface area contributed by atoms with E-state index in [0.29, 0.717) is 5.16 Å². The average molecular weight is 390 g/mol. The first-order valence-electron chi connectivity index (χ1n) is 8.68. The molecule has 1 aromatic carbocycles. The average Bonchev–Trinajstić information content (AvgIpc) is 3.05. The fraction of sp³-hybridized carbons (Fsp3) is 0.400. The smallest absolute Gasteiger partial charge is 0.171 e. The number of H-pyrrole nitrogens is 1. The Bertz CT molecular complexity index is 996. The molecule has 27 heavy (non-hydrogen) atoms. The molecule has 2 aromatic heterocycles. The van der Waals surface area contributed by atoms with Gasteiger partial charge in [0, 0.05) is 23.4 Å². The number of aromatic amines is 1. The highest BCUT2D eigenvalue weighted by Crippen LogP contribution is 2.63. The Morgan fingerprint density at radius 2 is 1.85 bits per heavy atom. The summed E-state index contributed by atoms with van der Waals surface area (Å²) in [5.41, 5.74) is 4.34. The highest BCUT2D eigenvalue weighted by molar-refractivity contribution is 8.29. The van der Waals surface area contributed by atoms with Crippen molar-refractivity contribution in [1.82, 2.24) is 15.0 Å². The van der Waals surface area contributed by atoms with Crippen LogP contribution in [0, 0.1) is 13.8 Å². The van der Waals surface area contributed by atoms with E-state index in [1.807, 2.05) is 52.1 Å². The Balaban J connectivity index is 2.13. The number of ether oxygens (including phenoxy) is 2. The molecule has 2 heterocycles. The van der Waals surface area contributed by atoms with Crippen molar-refractivity contribution in [3.05, 3.63) is 41.2 Å². The van der Waals surface area contributed by atoms with Crippen LogP contribution in [0.1, 0.15) is 30.7 Å². The number of imidazole rings is 1. The number of rotatable bonds is 5. The first-order chi connectivity index (χ1) is 12.6. The molecule has 1 unspecified atom stereocenters.